The van der Waals surface area contributed by atoms with Gasteiger partial charge in [-0.3, -0.25) is 14.5 Å². The van der Waals surface area contributed by atoms with Gasteiger partial charge in [-0.05, 0) is 58.8 Å². The summed E-state index contributed by atoms with van der Waals surface area (Å²) in [5.74, 6) is -1.10. The molecule has 0 aromatic heterocycles. The highest BCUT2D eigenvalue weighted by Gasteiger charge is 2.58. The molecule has 11 heteroatoms. The molecule has 4 aliphatic heterocycles. The van der Waals surface area contributed by atoms with Gasteiger partial charge in [-0.2, -0.15) is 0 Å². The van der Waals surface area contributed by atoms with E-state index >= 15 is 4.39 Å². The first-order chi connectivity index (χ1) is 20.5. The number of nitrogens with one attached hydrogen (secondary N) is 2. The van der Waals surface area contributed by atoms with Crippen molar-refractivity contribution < 1.29 is 23.5 Å². The molecule has 7 unspecified atom stereocenters. The van der Waals surface area contributed by atoms with E-state index in [0.29, 0.717) is 6.54 Å². The molecule has 5 fully saturated rings. The first kappa shape index (κ1) is 30.4. The maximum absolute atomic E-state index is 15.9. The smallest absolute Gasteiger partial charge is 0.256 e. The van der Waals surface area contributed by atoms with Crippen LogP contribution in [0.15, 0.2) is 11.8 Å². The SMILES string of the molecule is CN1CCN(CCCNC2C(F)CC3C(=O)C(C(=O)NCCCN4CCOCC4)=CN4C5CCCCC5OC2C34)CC1. The van der Waals surface area contributed by atoms with Crippen LogP contribution in [-0.2, 0) is 19.1 Å². The lowest BCUT2D eigenvalue weighted by atomic mass is 9.69. The monoisotopic (exact) mass is 590 g/mol. The molecule has 2 N–H and O–H groups in total. The van der Waals surface area contributed by atoms with E-state index in [2.05, 4.69) is 37.3 Å². The highest BCUT2D eigenvalue weighted by molar-refractivity contribution is 6.20. The zero-order valence-electron chi connectivity index (χ0n) is 25.4. The fourth-order valence-electron chi connectivity index (χ4n) is 8.06. The van der Waals surface area contributed by atoms with Gasteiger partial charge in [0.1, 0.15) is 6.17 Å². The van der Waals surface area contributed by atoms with Crippen LogP contribution in [0.25, 0.3) is 0 Å². The molecular formula is C31H51FN6O4. The van der Waals surface area contributed by atoms with Crippen molar-refractivity contribution >= 4 is 11.7 Å². The number of carbonyl (C=O) groups excluding carboxylic acids is 2. The van der Waals surface area contributed by atoms with Crippen LogP contribution in [0.3, 0.4) is 0 Å². The van der Waals surface area contributed by atoms with Crippen molar-refractivity contribution in [3.05, 3.63) is 11.8 Å². The molecule has 0 radical (unpaired) electrons. The minimum absolute atomic E-state index is 0.00266. The number of alkyl halides is 1. The minimum Gasteiger partial charge on any atom is -0.379 e. The third kappa shape index (κ3) is 6.71. The molecule has 0 spiro atoms. The van der Waals surface area contributed by atoms with Gasteiger partial charge in [0.15, 0.2) is 5.78 Å². The number of nitrogens with zero attached hydrogens (tertiary/aromatic N) is 4. The number of ether oxygens (including phenoxy) is 2. The van der Waals surface area contributed by atoms with Crippen LogP contribution in [0.5, 0.6) is 0 Å². The summed E-state index contributed by atoms with van der Waals surface area (Å²) in [7, 11) is 2.16. The molecule has 4 heterocycles. The van der Waals surface area contributed by atoms with Gasteiger partial charge in [-0.25, -0.2) is 4.39 Å². The molecular weight excluding hydrogens is 539 g/mol. The highest BCUT2D eigenvalue weighted by atomic mass is 19.1. The first-order valence-corrected chi connectivity index (χ1v) is 16.5. The second kappa shape index (κ2) is 14.0. The number of rotatable bonds is 10. The number of halogens is 1. The molecule has 6 rings (SSSR count). The Balaban J connectivity index is 1.10. The second-order valence-electron chi connectivity index (χ2n) is 13.2. The summed E-state index contributed by atoms with van der Waals surface area (Å²) in [4.78, 5) is 36.5. The third-order valence-corrected chi connectivity index (χ3v) is 10.5. The van der Waals surface area contributed by atoms with Crippen LogP contribution in [0.2, 0.25) is 0 Å². The lowest BCUT2D eigenvalue weighted by Crippen LogP contribution is -2.72. The standard InChI is InChI=1S/C31H51FN6O4/c1-35-12-14-36(15-13-35)10-4-8-33-27-24(32)20-22-28-30(27)42-26-7-3-2-6-25(26)38(28)21-23(29(22)39)31(40)34-9-5-11-37-16-18-41-19-17-37/h21-22,24-28,30,33H,2-20H2,1H3,(H,34,40). The number of amides is 1. The summed E-state index contributed by atoms with van der Waals surface area (Å²) in [5, 5.41) is 6.52. The molecule has 1 amide bonds. The summed E-state index contributed by atoms with van der Waals surface area (Å²) < 4.78 is 28.0. The number of morpholine rings is 2. The van der Waals surface area contributed by atoms with Gasteiger partial charge in [0.05, 0.1) is 49.1 Å². The minimum atomic E-state index is -1.19. The van der Waals surface area contributed by atoms with Crippen LogP contribution in [0.1, 0.15) is 44.9 Å². The largest absolute Gasteiger partial charge is 0.379 e. The number of hydrogen-bond donors (Lipinski definition) is 2. The topological polar surface area (TPSA) is 89.6 Å². The molecule has 0 aromatic rings. The van der Waals surface area contributed by atoms with E-state index in [1.54, 1.807) is 0 Å². The summed E-state index contributed by atoms with van der Waals surface area (Å²) in [6, 6.07) is -0.536. The first-order valence-electron chi connectivity index (χ1n) is 16.5. The lowest BCUT2D eigenvalue weighted by Gasteiger charge is -2.59. The number of piperazine rings is 1. The van der Waals surface area contributed by atoms with Crippen LogP contribution in [0.4, 0.5) is 4.39 Å². The molecule has 42 heavy (non-hydrogen) atoms. The molecule has 236 valence electrons. The van der Waals surface area contributed by atoms with Gasteiger partial charge >= 0.3 is 0 Å². The molecule has 6 aliphatic rings. The second-order valence-corrected chi connectivity index (χ2v) is 13.2. The summed E-state index contributed by atoms with van der Waals surface area (Å²) >= 11 is 0. The molecule has 0 aromatic carbocycles. The Kier molecular flexibility index (Phi) is 10.1. The van der Waals surface area contributed by atoms with Crippen LogP contribution >= 0.6 is 0 Å². The molecule has 7 atom stereocenters. The quantitative estimate of drug-likeness (QED) is 0.281. The number of ketones is 1. The van der Waals surface area contributed by atoms with Crippen LogP contribution in [-0.4, -0.2) is 154 Å². The van der Waals surface area contributed by atoms with Crippen molar-refractivity contribution in [2.75, 3.05) is 85.7 Å². The van der Waals surface area contributed by atoms with E-state index < -0.39 is 24.2 Å². The van der Waals surface area contributed by atoms with Gasteiger partial charge in [0, 0.05) is 57.9 Å². The number of likely N-dealkylation sites (N-methyl/N-ethyl adjacent to an activating group) is 1. The Bertz CT molecular complexity index is 971. The zero-order valence-corrected chi connectivity index (χ0v) is 25.4. The maximum atomic E-state index is 15.9. The average molecular weight is 591 g/mol. The number of Topliss-reactive ketones (excluding diaryl/α,β-unsaturated/α-hetero) is 1. The number of fused-ring (bicyclic) bond motifs is 2. The number of hydrogen-bond acceptors (Lipinski definition) is 9. The molecule has 0 bridgehead atoms. The van der Waals surface area contributed by atoms with Gasteiger partial charge in [-0.15, -0.1) is 0 Å². The van der Waals surface area contributed by atoms with Gasteiger partial charge in [-0.1, -0.05) is 12.8 Å². The maximum Gasteiger partial charge on any atom is 0.256 e. The Morgan fingerprint density at radius 1 is 1.00 bits per heavy atom. The van der Waals surface area contributed by atoms with Gasteiger partial charge in [0.25, 0.3) is 5.91 Å². The van der Waals surface area contributed by atoms with Gasteiger partial charge < -0.3 is 34.8 Å². The molecule has 2 saturated carbocycles. The zero-order chi connectivity index (χ0) is 29.1. The Labute approximate surface area is 250 Å². The summed E-state index contributed by atoms with van der Waals surface area (Å²) in [6.07, 6.45) is 6.25. The van der Waals surface area contributed by atoms with E-state index in [1.165, 1.54) is 0 Å². The lowest BCUT2D eigenvalue weighted by molar-refractivity contribution is -0.197. The van der Waals surface area contributed by atoms with Crippen molar-refractivity contribution in [1.29, 1.82) is 0 Å². The predicted molar refractivity (Wildman–Crippen MR) is 158 cm³/mol. The Morgan fingerprint density at radius 3 is 2.50 bits per heavy atom. The summed E-state index contributed by atoms with van der Waals surface area (Å²) in [5.41, 5.74) is 0.193. The third-order valence-electron chi connectivity index (χ3n) is 10.5. The van der Waals surface area contributed by atoms with Crippen molar-refractivity contribution in [3.8, 4) is 0 Å². The van der Waals surface area contributed by atoms with E-state index in [9.17, 15) is 9.59 Å². The molecule has 3 saturated heterocycles. The van der Waals surface area contributed by atoms with Crippen molar-refractivity contribution in [2.24, 2.45) is 5.92 Å². The Hall–Kier alpha value is -1.63. The normalized spacial score (nSPS) is 36.2. The molecule has 2 aliphatic carbocycles. The van der Waals surface area contributed by atoms with E-state index in [0.717, 1.165) is 111 Å². The predicted octanol–water partition coefficient (Wildman–Crippen LogP) is 0.626. The fourth-order valence-corrected chi connectivity index (χ4v) is 8.06. The van der Waals surface area contributed by atoms with Crippen molar-refractivity contribution in [3.63, 3.8) is 0 Å². The Morgan fingerprint density at radius 2 is 1.71 bits per heavy atom. The van der Waals surface area contributed by atoms with Crippen molar-refractivity contribution in [1.82, 2.24) is 30.2 Å². The fraction of sp³-hybridized carbons (Fsp3) is 0.871. The van der Waals surface area contributed by atoms with Crippen LogP contribution < -0.4 is 10.6 Å². The average Bonchev–Trinajstić information content (AvgIpc) is 3.01. The highest BCUT2D eigenvalue weighted by Crippen LogP contribution is 2.45. The summed E-state index contributed by atoms with van der Waals surface area (Å²) in [6.45, 7) is 10.8. The van der Waals surface area contributed by atoms with E-state index in [-0.39, 0.29) is 41.9 Å². The number of carbonyl (C=O) groups is 2. The van der Waals surface area contributed by atoms with Crippen molar-refractivity contribution in [2.45, 2.75) is 81.5 Å². The molecule has 10 nitrogen and oxygen atoms in total. The van der Waals surface area contributed by atoms with Gasteiger partial charge in [0.2, 0.25) is 0 Å². The van der Waals surface area contributed by atoms with E-state index in [4.69, 9.17) is 9.47 Å². The van der Waals surface area contributed by atoms with E-state index in [1.807, 2.05) is 6.20 Å². The van der Waals surface area contributed by atoms with Crippen LogP contribution in [0, 0.1) is 5.92 Å².